The molecule has 7 aromatic carbocycles. The zero-order valence-corrected chi connectivity index (χ0v) is 30.2. The van der Waals surface area contributed by atoms with E-state index in [1.165, 1.54) is 0 Å². The van der Waals surface area contributed by atoms with Crippen LogP contribution in [0.5, 0.6) is 0 Å². The number of nitrogens with zero attached hydrogens (tertiary/aromatic N) is 6. The van der Waals surface area contributed by atoms with E-state index in [1.54, 1.807) is 0 Å². The smallest absolute Gasteiger partial charge is 0.164 e. The molecule has 9 aromatic rings. The summed E-state index contributed by atoms with van der Waals surface area (Å²) < 4.78 is 0. The molecule has 0 aliphatic rings. The minimum Gasteiger partial charge on any atom is -0.208 e. The topological polar surface area (TPSA) is 77.3 Å². The first kappa shape index (κ1) is 33.7. The summed E-state index contributed by atoms with van der Waals surface area (Å²) in [7, 11) is 0. The molecule has 0 N–H and O–H groups in total. The molecule has 0 aliphatic heterocycles. The second-order valence-electron chi connectivity index (χ2n) is 12.9. The third kappa shape index (κ3) is 7.14. The molecule has 0 aliphatic carbocycles. The second-order valence-corrected chi connectivity index (χ2v) is 13.3. The van der Waals surface area contributed by atoms with Gasteiger partial charge in [-0.3, -0.25) is 0 Å². The van der Waals surface area contributed by atoms with Crippen molar-refractivity contribution in [1.82, 2.24) is 29.9 Å². The van der Waals surface area contributed by atoms with Gasteiger partial charge in [-0.2, -0.15) is 0 Å². The van der Waals surface area contributed by atoms with Crippen LogP contribution >= 0.6 is 11.6 Å². The molecular formula is C48H31ClN6. The van der Waals surface area contributed by atoms with Crippen LogP contribution < -0.4 is 0 Å². The second kappa shape index (κ2) is 15.1. The molecule has 9 rings (SSSR count). The minimum atomic E-state index is 0.582. The highest BCUT2D eigenvalue weighted by atomic mass is 35.5. The van der Waals surface area contributed by atoms with Gasteiger partial charge in [0.05, 0.1) is 0 Å². The van der Waals surface area contributed by atoms with Gasteiger partial charge in [-0.05, 0) is 28.8 Å². The van der Waals surface area contributed by atoms with Crippen LogP contribution in [0.25, 0.3) is 90.6 Å². The van der Waals surface area contributed by atoms with E-state index >= 15 is 0 Å². The maximum absolute atomic E-state index is 7.15. The van der Waals surface area contributed by atoms with E-state index < -0.39 is 0 Å². The number of hydrogen-bond acceptors (Lipinski definition) is 6. The highest BCUT2D eigenvalue weighted by molar-refractivity contribution is 6.33. The quantitative estimate of drug-likeness (QED) is 0.155. The Morgan fingerprint density at radius 2 is 0.582 bits per heavy atom. The number of halogens is 1. The fourth-order valence-electron chi connectivity index (χ4n) is 6.54. The van der Waals surface area contributed by atoms with Crippen molar-refractivity contribution in [3.05, 3.63) is 193 Å². The van der Waals surface area contributed by atoms with Crippen molar-refractivity contribution in [2.45, 2.75) is 0 Å². The van der Waals surface area contributed by atoms with Crippen LogP contribution in [0.15, 0.2) is 188 Å². The van der Waals surface area contributed by atoms with Gasteiger partial charge in [0.15, 0.2) is 34.9 Å². The Labute approximate surface area is 324 Å². The molecule has 0 bridgehead atoms. The molecule has 55 heavy (non-hydrogen) atoms. The fraction of sp³-hybridized carbons (Fsp3) is 0. The van der Waals surface area contributed by atoms with Crippen LogP contribution in [0, 0.1) is 0 Å². The number of aromatic nitrogens is 6. The van der Waals surface area contributed by atoms with E-state index in [4.69, 9.17) is 41.5 Å². The van der Waals surface area contributed by atoms with E-state index in [2.05, 4.69) is 30.3 Å². The highest BCUT2D eigenvalue weighted by Gasteiger charge is 2.17. The maximum Gasteiger partial charge on any atom is 0.164 e. The first-order valence-electron chi connectivity index (χ1n) is 17.9. The van der Waals surface area contributed by atoms with Crippen molar-refractivity contribution in [3.8, 4) is 90.6 Å². The van der Waals surface area contributed by atoms with Gasteiger partial charge in [-0.1, -0.05) is 188 Å². The summed E-state index contributed by atoms with van der Waals surface area (Å²) in [5.41, 5.74) is 9.15. The first-order chi connectivity index (χ1) is 27.2. The average Bonchev–Trinajstić information content (AvgIpc) is 3.27. The predicted molar refractivity (Wildman–Crippen MR) is 222 cm³/mol. The van der Waals surface area contributed by atoms with E-state index in [0.717, 1.165) is 55.6 Å². The van der Waals surface area contributed by atoms with Gasteiger partial charge < -0.3 is 0 Å². The van der Waals surface area contributed by atoms with E-state index in [-0.39, 0.29) is 0 Å². The zero-order chi connectivity index (χ0) is 37.0. The summed E-state index contributed by atoms with van der Waals surface area (Å²) in [6.45, 7) is 0. The van der Waals surface area contributed by atoms with Crippen molar-refractivity contribution < 1.29 is 0 Å². The SMILES string of the molecule is Clc1cc(-c2ccccc2-c2nc(-c3ccccc3)nc(-c3ccccc3)n2)ccc1-c1cccc(-c2nc(-c3ccccc3)nc(-c3ccccc3)n2)c1. The lowest BCUT2D eigenvalue weighted by Gasteiger charge is -2.14. The summed E-state index contributed by atoms with van der Waals surface area (Å²) in [4.78, 5) is 29.6. The molecular weight excluding hydrogens is 696 g/mol. The van der Waals surface area contributed by atoms with Crippen molar-refractivity contribution in [2.24, 2.45) is 0 Å². The Morgan fingerprint density at radius 3 is 1.04 bits per heavy atom. The molecule has 260 valence electrons. The van der Waals surface area contributed by atoms with Crippen molar-refractivity contribution in [1.29, 1.82) is 0 Å². The summed E-state index contributed by atoms with van der Waals surface area (Å²) in [6.07, 6.45) is 0. The number of rotatable bonds is 8. The van der Waals surface area contributed by atoms with Crippen LogP contribution in [0.1, 0.15) is 0 Å². The molecule has 0 amide bonds. The minimum absolute atomic E-state index is 0.582. The Morgan fingerprint density at radius 1 is 0.236 bits per heavy atom. The molecule has 0 radical (unpaired) electrons. The van der Waals surface area contributed by atoms with Crippen LogP contribution in [-0.2, 0) is 0 Å². The van der Waals surface area contributed by atoms with E-state index in [1.807, 2.05) is 158 Å². The summed E-state index contributed by atoms with van der Waals surface area (Å²) in [6, 6.07) is 62.4. The van der Waals surface area contributed by atoms with Gasteiger partial charge in [0.2, 0.25) is 0 Å². The predicted octanol–water partition coefficient (Wildman–Crippen LogP) is 12.0. The largest absolute Gasteiger partial charge is 0.208 e. The molecule has 2 aromatic heterocycles. The van der Waals surface area contributed by atoms with Crippen LogP contribution in [-0.4, -0.2) is 29.9 Å². The Balaban J connectivity index is 1.10. The van der Waals surface area contributed by atoms with E-state index in [0.29, 0.717) is 40.0 Å². The standard InChI is InChI=1S/C48H31ClN6/c49-42-31-37(39-26-13-14-27-41(39)48-54-45(34-20-9-3-10-21-34)51-46(55-48)35-22-11-4-12-23-35)28-29-40(42)36-24-15-25-38(30-36)47-52-43(32-16-5-1-6-17-32)50-44(53-47)33-18-7-2-8-19-33/h1-31H. The molecule has 0 saturated heterocycles. The van der Waals surface area contributed by atoms with Gasteiger partial charge in [-0.15, -0.1) is 0 Å². The van der Waals surface area contributed by atoms with Crippen LogP contribution in [0.2, 0.25) is 5.02 Å². The van der Waals surface area contributed by atoms with Crippen molar-refractivity contribution >= 4 is 11.6 Å². The molecule has 0 spiro atoms. The van der Waals surface area contributed by atoms with Crippen LogP contribution in [0.3, 0.4) is 0 Å². The lowest BCUT2D eigenvalue weighted by Crippen LogP contribution is -2.01. The third-order valence-electron chi connectivity index (χ3n) is 9.28. The van der Waals surface area contributed by atoms with Gasteiger partial charge in [-0.25, -0.2) is 29.9 Å². The molecule has 6 nitrogen and oxygen atoms in total. The molecule has 0 saturated carbocycles. The lowest BCUT2D eigenvalue weighted by atomic mass is 9.96. The van der Waals surface area contributed by atoms with E-state index in [9.17, 15) is 0 Å². The summed E-state index contributed by atoms with van der Waals surface area (Å²) in [5.74, 6) is 3.60. The average molecular weight is 727 g/mol. The number of hydrogen-bond donors (Lipinski definition) is 0. The summed E-state index contributed by atoms with van der Waals surface area (Å²) >= 11 is 7.15. The highest BCUT2D eigenvalue weighted by Crippen LogP contribution is 2.38. The van der Waals surface area contributed by atoms with Crippen molar-refractivity contribution in [3.63, 3.8) is 0 Å². The Bertz CT molecular complexity index is 2640. The van der Waals surface area contributed by atoms with Gasteiger partial charge in [0, 0.05) is 44.0 Å². The zero-order valence-electron chi connectivity index (χ0n) is 29.5. The van der Waals surface area contributed by atoms with Crippen molar-refractivity contribution in [2.75, 3.05) is 0 Å². The lowest BCUT2D eigenvalue weighted by molar-refractivity contribution is 1.07. The maximum atomic E-state index is 7.15. The molecule has 2 heterocycles. The Hall–Kier alpha value is -7.15. The molecule has 0 fully saturated rings. The van der Waals surface area contributed by atoms with Gasteiger partial charge in [0.25, 0.3) is 0 Å². The van der Waals surface area contributed by atoms with Crippen LogP contribution in [0.4, 0.5) is 0 Å². The van der Waals surface area contributed by atoms with Gasteiger partial charge >= 0.3 is 0 Å². The monoisotopic (exact) mass is 726 g/mol. The Kier molecular flexibility index (Phi) is 9.22. The summed E-state index contributed by atoms with van der Waals surface area (Å²) in [5, 5.41) is 0.612. The normalized spacial score (nSPS) is 11.0. The first-order valence-corrected chi connectivity index (χ1v) is 18.3. The third-order valence-corrected chi connectivity index (χ3v) is 9.59. The molecule has 0 atom stereocenters. The number of benzene rings is 7. The molecule has 0 unspecified atom stereocenters. The molecule has 7 heteroatoms. The van der Waals surface area contributed by atoms with Gasteiger partial charge in [0.1, 0.15) is 0 Å². The fourth-order valence-corrected chi connectivity index (χ4v) is 6.83.